The maximum atomic E-state index is 14.2. The Bertz CT molecular complexity index is 1060. The van der Waals surface area contributed by atoms with E-state index in [4.69, 9.17) is 4.74 Å². The number of aromatic nitrogens is 2. The Kier molecular flexibility index (Phi) is 6.01. The Morgan fingerprint density at radius 1 is 1.17 bits per heavy atom. The zero-order chi connectivity index (χ0) is 20.9. The minimum absolute atomic E-state index is 0.0273. The number of hydrogen-bond acceptors (Lipinski definition) is 5. The van der Waals surface area contributed by atoms with E-state index in [1.54, 1.807) is 18.3 Å². The van der Waals surface area contributed by atoms with Gasteiger partial charge in [0.25, 0.3) is 5.91 Å². The molecule has 4 rings (SSSR count). The van der Waals surface area contributed by atoms with Crippen molar-refractivity contribution in [2.45, 2.75) is 6.42 Å². The molecule has 1 saturated heterocycles. The maximum absolute atomic E-state index is 14.2. The van der Waals surface area contributed by atoms with Gasteiger partial charge in [-0.3, -0.25) is 19.6 Å². The molecule has 1 aliphatic rings. The number of benzene rings is 2. The van der Waals surface area contributed by atoms with E-state index in [2.05, 4.69) is 25.7 Å². The maximum Gasteiger partial charge on any atom is 0.257 e. The largest absolute Gasteiger partial charge is 0.379 e. The number of amides is 2. The number of aromatic amines is 1. The third kappa shape index (κ3) is 4.64. The van der Waals surface area contributed by atoms with Crippen LogP contribution in [-0.4, -0.2) is 59.8 Å². The first-order valence-electron chi connectivity index (χ1n) is 9.73. The van der Waals surface area contributed by atoms with Gasteiger partial charge in [0, 0.05) is 37.1 Å². The lowest BCUT2D eigenvalue weighted by atomic mass is 10.1. The molecule has 3 N–H and O–H groups in total. The second kappa shape index (κ2) is 9.02. The topological polar surface area (TPSA) is 99.3 Å². The number of carbonyl (C=O) groups is 2. The van der Waals surface area contributed by atoms with Crippen molar-refractivity contribution in [2.24, 2.45) is 0 Å². The molecule has 1 aromatic heterocycles. The fourth-order valence-corrected chi connectivity index (χ4v) is 3.35. The summed E-state index contributed by atoms with van der Waals surface area (Å²) in [6.45, 7) is 3.47. The summed E-state index contributed by atoms with van der Waals surface area (Å²) in [5.74, 6) is -1.21. The molecular formula is C21H22FN5O3. The van der Waals surface area contributed by atoms with Gasteiger partial charge < -0.3 is 15.4 Å². The Balaban J connectivity index is 1.40. The van der Waals surface area contributed by atoms with Gasteiger partial charge in [-0.1, -0.05) is 12.1 Å². The molecule has 9 heteroatoms. The van der Waals surface area contributed by atoms with Crippen LogP contribution >= 0.6 is 0 Å². The smallest absolute Gasteiger partial charge is 0.257 e. The van der Waals surface area contributed by atoms with E-state index in [0.717, 1.165) is 18.5 Å². The third-order valence-corrected chi connectivity index (χ3v) is 4.98. The minimum Gasteiger partial charge on any atom is -0.379 e. The number of nitrogens with zero attached hydrogens (tertiary/aromatic N) is 2. The van der Waals surface area contributed by atoms with E-state index in [9.17, 15) is 14.0 Å². The molecule has 0 saturated carbocycles. The zero-order valence-electron chi connectivity index (χ0n) is 16.3. The van der Waals surface area contributed by atoms with Crippen molar-refractivity contribution in [3.63, 3.8) is 0 Å². The molecule has 2 amide bonds. The van der Waals surface area contributed by atoms with Crippen LogP contribution in [0.15, 0.2) is 42.6 Å². The molecule has 30 heavy (non-hydrogen) atoms. The van der Waals surface area contributed by atoms with Crippen LogP contribution < -0.4 is 10.6 Å². The van der Waals surface area contributed by atoms with Gasteiger partial charge in [0.1, 0.15) is 5.82 Å². The Labute approximate surface area is 172 Å². The number of carbonyl (C=O) groups excluding carboxylic acids is 2. The molecule has 3 aromatic rings. The number of anilines is 2. The molecule has 156 valence electrons. The molecule has 8 nitrogen and oxygen atoms in total. The van der Waals surface area contributed by atoms with Crippen molar-refractivity contribution >= 4 is 34.1 Å². The minimum atomic E-state index is -0.566. The van der Waals surface area contributed by atoms with Crippen LogP contribution in [0.5, 0.6) is 0 Å². The molecule has 1 fully saturated rings. The summed E-state index contributed by atoms with van der Waals surface area (Å²) in [4.78, 5) is 27.0. The van der Waals surface area contributed by atoms with Crippen LogP contribution in [0.4, 0.5) is 15.8 Å². The second-order valence-corrected chi connectivity index (χ2v) is 7.04. The predicted octanol–water partition coefficient (Wildman–Crippen LogP) is 2.62. The number of ether oxygens (including phenoxy) is 1. The first-order valence-corrected chi connectivity index (χ1v) is 9.73. The van der Waals surface area contributed by atoms with Gasteiger partial charge in [-0.15, -0.1) is 0 Å². The van der Waals surface area contributed by atoms with Gasteiger partial charge in [0.05, 0.1) is 36.2 Å². The third-order valence-electron chi connectivity index (χ3n) is 4.98. The predicted molar refractivity (Wildman–Crippen MR) is 111 cm³/mol. The molecule has 2 heterocycles. The highest BCUT2D eigenvalue weighted by atomic mass is 19.1. The van der Waals surface area contributed by atoms with Crippen molar-refractivity contribution < 1.29 is 18.7 Å². The van der Waals surface area contributed by atoms with Crippen molar-refractivity contribution in [3.8, 4) is 0 Å². The lowest BCUT2D eigenvalue weighted by Crippen LogP contribution is -2.38. The van der Waals surface area contributed by atoms with Crippen molar-refractivity contribution in [1.29, 1.82) is 0 Å². The van der Waals surface area contributed by atoms with Crippen LogP contribution in [-0.2, 0) is 9.53 Å². The lowest BCUT2D eigenvalue weighted by molar-refractivity contribution is -0.116. The highest BCUT2D eigenvalue weighted by Gasteiger charge is 2.15. The number of fused-ring (bicyclic) bond motifs is 1. The van der Waals surface area contributed by atoms with E-state index in [1.165, 1.54) is 18.2 Å². The summed E-state index contributed by atoms with van der Waals surface area (Å²) >= 11 is 0. The summed E-state index contributed by atoms with van der Waals surface area (Å²) < 4.78 is 19.5. The second-order valence-electron chi connectivity index (χ2n) is 7.04. The number of morpholine rings is 1. The molecular weight excluding hydrogens is 389 g/mol. The average molecular weight is 411 g/mol. The summed E-state index contributed by atoms with van der Waals surface area (Å²) in [6, 6.07) is 9.35. The zero-order valence-corrected chi connectivity index (χ0v) is 16.3. The van der Waals surface area contributed by atoms with Gasteiger partial charge >= 0.3 is 0 Å². The molecule has 2 aromatic carbocycles. The summed E-state index contributed by atoms with van der Waals surface area (Å²) in [7, 11) is 0. The highest BCUT2D eigenvalue weighted by molar-refractivity contribution is 6.12. The van der Waals surface area contributed by atoms with Gasteiger partial charge in [-0.05, 0) is 24.3 Å². The van der Waals surface area contributed by atoms with Crippen molar-refractivity contribution in [1.82, 2.24) is 15.1 Å². The first kappa shape index (κ1) is 20.0. The lowest BCUT2D eigenvalue weighted by Gasteiger charge is -2.26. The number of nitrogens with one attached hydrogen (secondary N) is 3. The van der Waals surface area contributed by atoms with Crippen LogP contribution in [0.3, 0.4) is 0 Å². The van der Waals surface area contributed by atoms with E-state index in [1.807, 2.05) is 6.07 Å². The number of halogens is 1. The molecule has 0 unspecified atom stereocenters. The Morgan fingerprint density at radius 3 is 2.83 bits per heavy atom. The Morgan fingerprint density at radius 2 is 2.00 bits per heavy atom. The van der Waals surface area contributed by atoms with Gasteiger partial charge in [-0.2, -0.15) is 5.10 Å². The standard InChI is InChI=1S/C21H22FN5O3/c22-17-5-4-15(24-21(29)16-3-1-2-14-13-23-26-20(14)16)12-18(17)25-19(28)6-7-27-8-10-30-11-9-27/h1-5,12-13H,6-11H2,(H,23,26)(H,24,29)(H,25,28). The van der Waals surface area contributed by atoms with Crippen LogP contribution in [0.2, 0.25) is 0 Å². The molecule has 0 bridgehead atoms. The summed E-state index contributed by atoms with van der Waals surface area (Å²) in [6.07, 6.45) is 1.88. The normalized spacial score (nSPS) is 14.6. The quantitative estimate of drug-likeness (QED) is 0.579. The van der Waals surface area contributed by atoms with E-state index < -0.39 is 5.82 Å². The van der Waals surface area contributed by atoms with Crippen LogP contribution in [0.25, 0.3) is 10.9 Å². The number of para-hydroxylation sites is 1. The summed E-state index contributed by atoms with van der Waals surface area (Å²) in [5.41, 5.74) is 1.44. The fourth-order valence-electron chi connectivity index (χ4n) is 3.35. The van der Waals surface area contributed by atoms with Crippen LogP contribution in [0.1, 0.15) is 16.8 Å². The molecule has 0 spiro atoms. The molecule has 1 aliphatic heterocycles. The molecule has 0 aliphatic carbocycles. The number of hydrogen-bond donors (Lipinski definition) is 3. The van der Waals surface area contributed by atoms with Gasteiger partial charge in [0.15, 0.2) is 0 Å². The van der Waals surface area contributed by atoms with E-state index >= 15 is 0 Å². The summed E-state index contributed by atoms with van der Waals surface area (Å²) in [5, 5.41) is 12.9. The fraction of sp³-hybridized carbons (Fsp3) is 0.286. The number of rotatable bonds is 6. The number of H-pyrrole nitrogens is 1. The highest BCUT2D eigenvalue weighted by Crippen LogP contribution is 2.22. The van der Waals surface area contributed by atoms with E-state index in [-0.39, 0.29) is 23.9 Å². The molecule has 0 radical (unpaired) electrons. The Hall–Kier alpha value is -3.30. The van der Waals surface area contributed by atoms with E-state index in [0.29, 0.717) is 36.5 Å². The van der Waals surface area contributed by atoms with Gasteiger partial charge in [0.2, 0.25) is 5.91 Å². The average Bonchev–Trinajstić information content (AvgIpc) is 3.24. The SMILES string of the molecule is O=C(CCN1CCOCC1)Nc1cc(NC(=O)c2cccc3cn[nH]c23)ccc1F. The van der Waals surface area contributed by atoms with Gasteiger partial charge in [-0.25, -0.2) is 4.39 Å². The first-order chi connectivity index (χ1) is 14.6. The molecule has 0 atom stereocenters. The van der Waals surface area contributed by atoms with Crippen LogP contribution in [0, 0.1) is 5.82 Å². The van der Waals surface area contributed by atoms with Crippen molar-refractivity contribution in [3.05, 3.63) is 54.0 Å². The monoisotopic (exact) mass is 411 g/mol. The van der Waals surface area contributed by atoms with Crippen molar-refractivity contribution in [2.75, 3.05) is 43.5 Å².